The normalized spacial score (nSPS) is 14.3. The topological polar surface area (TPSA) is 389 Å². The number of carbonyl (C=O) groups is 12. The van der Waals surface area contributed by atoms with Crippen LogP contribution < -0.4 is 70.0 Å². The summed E-state index contributed by atoms with van der Waals surface area (Å²) in [6, 6.07) is 15.9. The molecule has 0 aliphatic carbocycles. The van der Waals surface area contributed by atoms with E-state index in [4.69, 9.17) is 11.5 Å². The molecule has 25 heteroatoms. The lowest BCUT2D eigenvalue weighted by Gasteiger charge is -2.28. The lowest BCUT2D eigenvalue weighted by molar-refractivity contribution is -0.136. The number of hydrogen-bond donors (Lipinski definition) is 13. The second kappa shape index (κ2) is 37.8. The highest BCUT2D eigenvalue weighted by atomic mass is 16.2. The van der Waals surface area contributed by atoms with E-state index in [1.165, 1.54) is 6.92 Å². The van der Waals surface area contributed by atoms with Gasteiger partial charge in [0.2, 0.25) is 70.9 Å². The molecule has 0 radical (unpaired) electrons. The molecule has 0 aromatic heterocycles. The fourth-order valence-corrected chi connectivity index (χ4v) is 9.40. The van der Waals surface area contributed by atoms with Crippen LogP contribution in [0.5, 0.6) is 0 Å². The van der Waals surface area contributed by atoms with Gasteiger partial charge < -0.3 is 70.0 Å². The van der Waals surface area contributed by atoms with E-state index >= 15 is 0 Å². The van der Waals surface area contributed by atoms with Crippen molar-refractivity contribution in [2.75, 3.05) is 19.6 Å². The first-order valence-electron chi connectivity index (χ1n) is 30.3. The van der Waals surface area contributed by atoms with Gasteiger partial charge in [-0.15, -0.1) is 0 Å². The Morgan fingerprint density at radius 2 is 0.640 bits per heavy atom. The van der Waals surface area contributed by atoms with Gasteiger partial charge in [0.15, 0.2) is 0 Å². The van der Waals surface area contributed by atoms with E-state index in [1.807, 2.05) is 41.5 Å². The highest BCUT2D eigenvalue weighted by molar-refractivity contribution is 5.99. The molecule has 488 valence electrons. The lowest BCUT2D eigenvalue weighted by Crippen LogP contribution is -2.60. The summed E-state index contributed by atoms with van der Waals surface area (Å²) in [6.07, 6.45) is 0.465. The first kappa shape index (κ1) is 74.5. The van der Waals surface area contributed by atoms with Gasteiger partial charge in [-0.25, -0.2) is 0 Å². The second-order valence-corrected chi connectivity index (χ2v) is 24.2. The number of nitrogens with one attached hydrogen (secondary N) is 11. The van der Waals surface area contributed by atoms with E-state index in [9.17, 15) is 57.5 Å². The third-order valence-corrected chi connectivity index (χ3v) is 14.1. The van der Waals surface area contributed by atoms with E-state index in [1.54, 1.807) is 119 Å². The van der Waals surface area contributed by atoms with Gasteiger partial charge in [-0.2, -0.15) is 0 Å². The minimum atomic E-state index is -1.29. The minimum Gasteiger partial charge on any atom is -0.368 e. The summed E-state index contributed by atoms with van der Waals surface area (Å²) in [5.74, 6) is -9.94. The van der Waals surface area contributed by atoms with Gasteiger partial charge in [0.05, 0.1) is 19.6 Å². The van der Waals surface area contributed by atoms with Crippen molar-refractivity contribution in [2.45, 2.75) is 169 Å². The fraction of sp³-hybridized carbons (Fsp3) is 0.531. The van der Waals surface area contributed by atoms with Gasteiger partial charge in [0.1, 0.15) is 54.4 Å². The number of primary amides is 1. The van der Waals surface area contributed by atoms with Crippen LogP contribution in [0.2, 0.25) is 0 Å². The number of benzene rings is 3. The monoisotopic (exact) mass is 1240 g/mol. The molecule has 3 aromatic carbocycles. The molecule has 0 spiro atoms. The fourth-order valence-electron chi connectivity index (χ4n) is 9.40. The first-order chi connectivity index (χ1) is 42.0. The highest BCUT2D eigenvalue weighted by Crippen LogP contribution is 2.14. The Bertz CT molecular complexity index is 2840. The van der Waals surface area contributed by atoms with Gasteiger partial charge in [0.25, 0.3) is 0 Å². The molecule has 0 heterocycles. The summed E-state index contributed by atoms with van der Waals surface area (Å²) >= 11 is 0. The van der Waals surface area contributed by atoms with Crippen LogP contribution in [-0.4, -0.2) is 145 Å². The average Bonchev–Trinajstić information content (AvgIpc) is 3.00. The molecule has 0 unspecified atom stereocenters. The Labute approximate surface area is 522 Å². The van der Waals surface area contributed by atoms with E-state index < -0.39 is 144 Å². The Morgan fingerprint density at radius 1 is 0.337 bits per heavy atom. The molecule has 3 rings (SSSR count). The number of rotatable bonds is 37. The smallest absolute Gasteiger partial charge is 0.243 e. The molecule has 0 fully saturated rings. The first-order valence-corrected chi connectivity index (χ1v) is 30.3. The molecule has 15 N–H and O–H groups in total. The van der Waals surface area contributed by atoms with E-state index in [-0.39, 0.29) is 68.7 Å². The van der Waals surface area contributed by atoms with E-state index in [0.717, 1.165) is 5.56 Å². The quantitative estimate of drug-likeness (QED) is 0.0368. The van der Waals surface area contributed by atoms with Crippen LogP contribution in [0.1, 0.15) is 112 Å². The second-order valence-electron chi connectivity index (χ2n) is 24.2. The van der Waals surface area contributed by atoms with Gasteiger partial charge in [-0.05, 0) is 72.5 Å². The minimum absolute atomic E-state index is 0.0293. The molecule has 0 saturated carbocycles. The summed E-state index contributed by atoms with van der Waals surface area (Å²) in [6.45, 7) is 17.6. The number of hydrogen-bond acceptors (Lipinski definition) is 13. The maximum absolute atomic E-state index is 14.5. The summed E-state index contributed by atoms with van der Waals surface area (Å²) < 4.78 is 0. The number of amides is 12. The zero-order valence-corrected chi connectivity index (χ0v) is 53.2. The Kier molecular flexibility index (Phi) is 31.7. The van der Waals surface area contributed by atoms with E-state index in [2.05, 4.69) is 58.5 Å². The zero-order valence-electron chi connectivity index (χ0n) is 53.2. The Balaban J connectivity index is 1.74. The van der Waals surface area contributed by atoms with Crippen molar-refractivity contribution in [3.63, 3.8) is 0 Å². The highest BCUT2D eigenvalue weighted by Gasteiger charge is 2.35. The molecule has 9 atom stereocenters. The Hall–Kier alpha value is -8.74. The standard InChI is InChI=1S/C64H95N13O12/c1-36(2)27-46(58(83)67-34-52(79)70-45(56(66)81)30-42-21-15-12-16-22-42)72-62(87)50(32-44-25-19-14-20-26-44)74-61(86)48(29-38(5)6)73-60(85)47(28-37(3)4)71-57(82)41(11)69-63(88)54(39(7)8)77-53(80)35-68-59(84)49(31-43-23-17-13-18-24-43)75-64(89)55(40(9)10)76-51(78)33-65/h12-26,36-41,45-50,54-55H,27-35,65H2,1-11H3,(H2,66,81)(H,67,83)(H,68,84)(H,69,88)(H,70,79)(H,71,82)(H,72,87)(H,73,85)(H,74,86)(H,75,89)(H,76,78)(H,77,80)/t41-,45-,46-,47-,48-,49-,50-,54-,55-/m0/s1. The van der Waals surface area contributed by atoms with Crippen molar-refractivity contribution < 1.29 is 57.5 Å². The van der Waals surface area contributed by atoms with Gasteiger partial charge in [-0.3, -0.25) is 57.5 Å². The van der Waals surface area contributed by atoms with Gasteiger partial charge in [0, 0.05) is 19.3 Å². The molecule has 12 amide bonds. The summed E-state index contributed by atoms with van der Waals surface area (Å²) in [5.41, 5.74) is 13.2. The Morgan fingerprint density at radius 3 is 1.02 bits per heavy atom. The van der Waals surface area contributed by atoms with Crippen molar-refractivity contribution in [2.24, 2.45) is 41.1 Å². The molecular formula is C64H95N13O12. The van der Waals surface area contributed by atoms with Crippen molar-refractivity contribution in [3.05, 3.63) is 108 Å². The molecule has 0 aliphatic rings. The maximum Gasteiger partial charge on any atom is 0.243 e. The molecule has 0 aliphatic heterocycles. The number of nitrogens with two attached hydrogens (primary N) is 2. The van der Waals surface area contributed by atoms with Crippen molar-refractivity contribution in [1.29, 1.82) is 0 Å². The third kappa shape index (κ3) is 27.5. The SMILES string of the molecule is CC(C)C[C@H](NC(=O)[C@H](C)NC(=O)[C@@H](NC(=O)CNC(=O)[C@H](Cc1ccccc1)NC(=O)[C@@H](NC(=O)CN)C(C)C)C(C)C)C(=O)N[C@@H](CC(C)C)C(=O)N[C@@H](Cc1ccccc1)C(=O)N[C@@H](CC(C)C)C(=O)NCC(=O)N[C@@H](Cc1ccccc1)C(N)=O. The van der Waals surface area contributed by atoms with Crippen molar-refractivity contribution in [3.8, 4) is 0 Å². The van der Waals surface area contributed by atoms with Crippen molar-refractivity contribution in [1.82, 2.24) is 58.5 Å². The van der Waals surface area contributed by atoms with Crippen molar-refractivity contribution >= 4 is 70.9 Å². The molecule has 0 saturated heterocycles. The maximum atomic E-state index is 14.5. The third-order valence-electron chi connectivity index (χ3n) is 14.1. The summed E-state index contributed by atoms with van der Waals surface area (Å²) in [4.78, 5) is 162. The van der Waals surface area contributed by atoms with Gasteiger partial charge in [-0.1, -0.05) is 160 Å². The molecule has 25 nitrogen and oxygen atoms in total. The lowest BCUT2D eigenvalue weighted by atomic mass is 9.98. The average molecular weight is 1240 g/mol. The molecular weight excluding hydrogens is 1140 g/mol. The number of carbonyl (C=O) groups excluding carboxylic acids is 12. The molecule has 3 aromatic rings. The predicted molar refractivity (Wildman–Crippen MR) is 336 cm³/mol. The zero-order chi connectivity index (χ0) is 66.5. The van der Waals surface area contributed by atoms with Crippen LogP contribution in [-0.2, 0) is 76.8 Å². The summed E-state index contributed by atoms with van der Waals surface area (Å²) in [7, 11) is 0. The van der Waals surface area contributed by atoms with Crippen LogP contribution in [0.15, 0.2) is 91.0 Å². The summed E-state index contributed by atoms with van der Waals surface area (Å²) in [5, 5.41) is 29.1. The molecule has 89 heavy (non-hydrogen) atoms. The van der Waals surface area contributed by atoms with Crippen LogP contribution in [0.4, 0.5) is 0 Å². The largest absolute Gasteiger partial charge is 0.368 e. The van der Waals surface area contributed by atoms with Crippen LogP contribution in [0.25, 0.3) is 0 Å². The predicted octanol–water partition coefficient (Wildman–Crippen LogP) is 0.224. The van der Waals surface area contributed by atoms with Crippen LogP contribution >= 0.6 is 0 Å². The van der Waals surface area contributed by atoms with E-state index in [0.29, 0.717) is 11.1 Å². The molecule has 0 bridgehead atoms. The van der Waals surface area contributed by atoms with Gasteiger partial charge >= 0.3 is 0 Å². The van der Waals surface area contributed by atoms with Crippen LogP contribution in [0.3, 0.4) is 0 Å². The van der Waals surface area contributed by atoms with Crippen LogP contribution in [0, 0.1) is 29.6 Å².